The standard InChI is InChI=1S/C18H20F3N3O2/c1-4-26-17(25)13-9-22-24-15(18(19,20)21)8-14(23-16(13)24)12-6-5-10(2)11(3)7-12/h5-7,9,14-15,23H,4,8H2,1-3H3. The van der Waals surface area contributed by atoms with Crippen molar-refractivity contribution in [1.29, 1.82) is 0 Å². The van der Waals surface area contributed by atoms with Gasteiger partial charge in [-0.1, -0.05) is 18.2 Å². The number of hydrogen-bond donors (Lipinski definition) is 1. The number of esters is 1. The molecule has 3 rings (SSSR count). The molecule has 0 fully saturated rings. The first kappa shape index (κ1) is 18.3. The molecule has 26 heavy (non-hydrogen) atoms. The van der Waals surface area contributed by atoms with Crippen molar-refractivity contribution >= 4 is 11.8 Å². The number of rotatable bonds is 3. The number of carbonyl (C=O) groups excluding carboxylic acids is 1. The number of fused-ring (bicyclic) bond motifs is 1. The zero-order valence-corrected chi connectivity index (χ0v) is 14.7. The highest BCUT2D eigenvalue weighted by Crippen LogP contribution is 2.44. The number of aromatic nitrogens is 2. The summed E-state index contributed by atoms with van der Waals surface area (Å²) >= 11 is 0. The van der Waals surface area contributed by atoms with Crippen molar-refractivity contribution in [3.8, 4) is 0 Å². The second kappa shape index (κ2) is 6.66. The summed E-state index contributed by atoms with van der Waals surface area (Å²) in [6, 6.07) is 3.17. The molecular weight excluding hydrogens is 347 g/mol. The maximum absolute atomic E-state index is 13.6. The lowest BCUT2D eigenvalue weighted by molar-refractivity contribution is -0.173. The molecule has 8 heteroatoms. The molecule has 5 nitrogen and oxygen atoms in total. The lowest BCUT2D eigenvalue weighted by Crippen LogP contribution is -2.36. The van der Waals surface area contributed by atoms with E-state index in [0.717, 1.165) is 27.6 Å². The van der Waals surface area contributed by atoms with Crippen molar-refractivity contribution in [2.75, 3.05) is 11.9 Å². The van der Waals surface area contributed by atoms with Gasteiger partial charge in [0.15, 0.2) is 6.04 Å². The van der Waals surface area contributed by atoms with E-state index < -0.39 is 24.2 Å². The number of aryl methyl sites for hydroxylation is 2. The Hall–Kier alpha value is -2.51. The molecule has 0 saturated carbocycles. The summed E-state index contributed by atoms with van der Waals surface area (Å²) in [5.74, 6) is -0.650. The number of alkyl halides is 3. The molecule has 0 spiro atoms. The molecule has 0 aliphatic carbocycles. The van der Waals surface area contributed by atoms with Crippen LogP contribution in [-0.4, -0.2) is 28.5 Å². The minimum absolute atomic E-state index is 0.00892. The Bertz CT molecular complexity index is 830. The van der Waals surface area contributed by atoms with Crippen LogP contribution in [0.2, 0.25) is 0 Å². The predicted octanol–water partition coefficient (Wildman–Crippen LogP) is 4.34. The fraction of sp³-hybridized carbons (Fsp3) is 0.444. The number of halogens is 3. The highest BCUT2D eigenvalue weighted by atomic mass is 19.4. The fourth-order valence-corrected chi connectivity index (χ4v) is 3.12. The monoisotopic (exact) mass is 367 g/mol. The topological polar surface area (TPSA) is 56.1 Å². The molecule has 2 heterocycles. The van der Waals surface area contributed by atoms with Crippen LogP contribution in [0.1, 0.15) is 52.5 Å². The first-order valence-electron chi connectivity index (χ1n) is 8.37. The molecule has 1 aromatic heterocycles. The number of ether oxygens (including phenoxy) is 1. The van der Waals surface area contributed by atoms with Gasteiger partial charge in [0.05, 0.1) is 18.8 Å². The second-order valence-corrected chi connectivity index (χ2v) is 6.41. The zero-order chi connectivity index (χ0) is 19.1. The minimum Gasteiger partial charge on any atom is -0.462 e. The quantitative estimate of drug-likeness (QED) is 0.820. The normalized spacial score (nSPS) is 19.6. The minimum atomic E-state index is -4.48. The van der Waals surface area contributed by atoms with Gasteiger partial charge >= 0.3 is 12.1 Å². The van der Waals surface area contributed by atoms with Crippen LogP contribution in [0, 0.1) is 13.8 Å². The Morgan fingerprint density at radius 3 is 2.69 bits per heavy atom. The van der Waals surface area contributed by atoms with Crippen molar-refractivity contribution in [3.05, 3.63) is 46.6 Å². The highest BCUT2D eigenvalue weighted by Gasteiger charge is 2.47. The van der Waals surface area contributed by atoms with E-state index in [0.29, 0.717) is 0 Å². The molecule has 0 radical (unpaired) electrons. The molecule has 2 atom stereocenters. The van der Waals surface area contributed by atoms with Crippen LogP contribution >= 0.6 is 0 Å². The van der Waals surface area contributed by atoms with Gasteiger partial charge in [-0.05, 0) is 37.5 Å². The number of anilines is 1. The van der Waals surface area contributed by atoms with Crippen molar-refractivity contribution in [3.63, 3.8) is 0 Å². The van der Waals surface area contributed by atoms with Crippen LogP contribution in [0.15, 0.2) is 24.4 Å². The van der Waals surface area contributed by atoms with Gasteiger partial charge in [-0.2, -0.15) is 18.3 Å². The summed E-state index contributed by atoms with van der Waals surface area (Å²) in [5, 5.41) is 6.85. The summed E-state index contributed by atoms with van der Waals surface area (Å²) in [7, 11) is 0. The van der Waals surface area contributed by atoms with Gasteiger partial charge in [-0.15, -0.1) is 0 Å². The molecule has 1 N–H and O–H groups in total. The van der Waals surface area contributed by atoms with E-state index in [2.05, 4.69) is 10.4 Å². The van der Waals surface area contributed by atoms with Gasteiger partial charge < -0.3 is 10.1 Å². The molecular formula is C18H20F3N3O2. The van der Waals surface area contributed by atoms with Gasteiger partial charge in [-0.3, -0.25) is 0 Å². The van der Waals surface area contributed by atoms with E-state index in [1.54, 1.807) is 6.92 Å². The van der Waals surface area contributed by atoms with Gasteiger partial charge in [-0.25, -0.2) is 9.48 Å². The van der Waals surface area contributed by atoms with Crippen molar-refractivity contribution in [2.45, 2.75) is 45.5 Å². The van der Waals surface area contributed by atoms with Crippen LogP contribution in [0.4, 0.5) is 19.0 Å². The summed E-state index contributed by atoms with van der Waals surface area (Å²) in [4.78, 5) is 12.1. The number of benzene rings is 1. The third kappa shape index (κ3) is 3.27. The van der Waals surface area contributed by atoms with E-state index in [9.17, 15) is 18.0 Å². The van der Waals surface area contributed by atoms with Gasteiger partial charge in [0, 0.05) is 6.42 Å². The van der Waals surface area contributed by atoms with Crippen molar-refractivity contribution in [1.82, 2.24) is 9.78 Å². The zero-order valence-electron chi connectivity index (χ0n) is 14.7. The van der Waals surface area contributed by atoms with Gasteiger partial charge in [0.2, 0.25) is 0 Å². The SMILES string of the molecule is CCOC(=O)c1cnn2c1NC(c1ccc(C)c(C)c1)CC2C(F)(F)F. The first-order valence-corrected chi connectivity index (χ1v) is 8.37. The summed E-state index contributed by atoms with van der Waals surface area (Å²) < 4.78 is 46.6. The average molecular weight is 367 g/mol. The first-order chi connectivity index (χ1) is 12.2. The van der Waals surface area contributed by atoms with E-state index >= 15 is 0 Å². The second-order valence-electron chi connectivity index (χ2n) is 6.41. The lowest BCUT2D eigenvalue weighted by Gasteiger charge is -2.34. The maximum atomic E-state index is 13.6. The Morgan fingerprint density at radius 1 is 1.35 bits per heavy atom. The highest BCUT2D eigenvalue weighted by molar-refractivity contribution is 5.94. The van der Waals surface area contributed by atoms with E-state index in [4.69, 9.17) is 4.74 Å². The molecule has 0 bridgehead atoms. The van der Waals surface area contributed by atoms with E-state index in [-0.39, 0.29) is 24.4 Å². The Labute approximate surface area is 149 Å². The fourth-order valence-electron chi connectivity index (χ4n) is 3.12. The van der Waals surface area contributed by atoms with Crippen molar-refractivity contribution < 1.29 is 22.7 Å². The van der Waals surface area contributed by atoms with Crippen LogP contribution < -0.4 is 5.32 Å². The van der Waals surface area contributed by atoms with Crippen LogP contribution in [0.5, 0.6) is 0 Å². The maximum Gasteiger partial charge on any atom is 0.410 e. The molecule has 140 valence electrons. The Kier molecular flexibility index (Phi) is 4.68. The molecule has 1 aliphatic heterocycles. The molecule has 2 unspecified atom stereocenters. The molecule has 0 saturated heterocycles. The number of hydrogen-bond acceptors (Lipinski definition) is 4. The lowest BCUT2D eigenvalue weighted by atomic mass is 9.94. The Balaban J connectivity index is 2.04. The van der Waals surface area contributed by atoms with Gasteiger partial charge in [0.25, 0.3) is 0 Å². The van der Waals surface area contributed by atoms with E-state index in [1.807, 2.05) is 32.0 Å². The number of carbonyl (C=O) groups is 1. The predicted molar refractivity (Wildman–Crippen MR) is 90.2 cm³/mol. The van der Waals surface area contributed by atoms with E-state index in [1.165, 1.54) is 0 Å². The summed E-state index contributed by atoms with van der Waals surface area (Å²) in [6.07, 6.45) is -3.56. The smallest absolute Gasteiger partial charge is 0.410 e. The average Bonchev–Trinajstić information content (AvgIpc) is 2.99. The van der Waals surface area contributed by atoms with Crippen molar-refractivity contribution in [2.24, 2.45) is 0 Å². The summed E-state index contributed by atoms with van der Waals surface area (Å²) in [6.45, 7) is 5.63. The Morgan fingerprint density at radius 2 is 2.08 bits per heavy atom. The molecule has 2 aromatic rings. The molecule has 0 amide bonds. The summed E-state index contributed by atoms with van der Waals surface area (Å²) in [5.41, 5.74) is 2.81. The van der Waals surface area contributed by atoms with Crippen LogP contribution in [-0.2, 0) is 4.74 Å². The molecule has 1 aliphatic rings. The van der Waals surface area contributed by atoms with Crippen LogP contribution in [0.25, 0.3) is 0 Å². The molecule has 1 aromatic carbocycles. The van der Waals surface area contributed by atoms with Gasteiger partial charge in [0.1, 0.15) is 11.4 Å². The van der Waals surface area contributed by atoms with Crippen LogP contribution in [0.3, 0.4) is 0 Å². The third-order valence-electron chi connectivity index (χ3n) is 4.67. The number of nitrogens with zero attached hydrogens (tertiary/aromatic N) is 2. The largest absolute Gasteiger partial charge is 0.462 e. The third-order valence-corrected chi connectivity index (χ3v) is 4.67. The number of nitrogens with one attached hydrogen (secondary N) is 1.